The number of nitrogens with zero attached hydrogens (tertiary/aromatic N) is 1. The standard InChI is InChI=1S/C19H14F3NO2/c20-19(21,22)14-10-8-13(9-11-14)5-3-4-12-23-17(24)15-6-1-2-7-16(15)18(23)25/h1-3,5-11H,4,12H2/b5-3+. The Hall–Kier alpha value is -2.89. The van der Waals surface area contributed by atoms with Crippen LogP contribution in [0.3, 0.4) is 0 Å². The minimum absolute atomic E-state index is 0.226. The lowest BCUT2D eigenvalue weighted by Crippen LogP contribution is -2.30. The molecule has 1 aliphatic rings. The quantitative estimate of drug-likeness (QED) is 0.770. The highest BCUT2D eigenvalue weighted by atomic mass is 19.4. The predicted molar refractivity (Wildman–Crippen MR) is 86.9 cm³/mol. The molecule has 0 radical (unpaired) electrons. The molecule has 3 nitrogen and oxygen atoms in total. The van der Waals surface area contributed by atoms with Gasteiger partial charge in [0.1, 0.15) is 0 Å². The zero-order valence-corrected chi connectivity index (χ0v) is 13.1. The maximum absolute atomic E-state index is 12.5. The molecule has 1 heterocycles. The average Bonchev–Trinajstić information content (AvgIpc) is 2.83. The first-order valence-corrected chi connectivity index (χ1v) is 7.67. The summed E-state index contributed by atoms with van der Waals surface area (Å²) in [6, 6.07) is 11.4. The molecule has 1 aliphatic heterocycles. The van der Waals surface area contributed by atoms with Gasteiger partial charge in [-0.05, 0) is 36.2 Å². The summed E-state index contributed by atoms with van der Waals surface area (Å²) in [4.78, 5) is 25.5. The summed E-state index contributed by atoms with van der Waals surface area (Å²) in [7, 11) is 0. The summed E-state index contributed by atoms with van der Waals surface area (Å²) in [5.41, 5.74) is 0.726. The summed E-state index contributed by atoms with van der Waals surface area (Å²) < 4.78 is 37.5. The normalized spacial score (nSPS) is 14.4. The number of carbonyl (C=O) groups excluding carboxylic acids is 2. The first-order valence-electron chi connectivity index (χ1n) is 7.67. The Kier molecular flexibility index (Phi) is 4.44. The molecule has 3 rings (SSSR count). The molecule has 0 aromatic heterocycles. The molecule has 2 aromatic carbocycles. The molecule has 0 saturated heterocycles. The van der Waals surface area contributed by atoms with E-state index in [-0.39, 0.29) is 18.4 Å². The third kappa shape index (κ3) is 3.47. The number of rotatable bonds is 4. The van der Waals surface area contributed by atoms with Crippen molar-refractivity contribution in [3.63, 3.8) is 0 Å². The number of fused-ring (bicyclic) bond motifs is 1. The van der Waals surface area contributed by atoms with Gasteiger partial charge in [-0.25, -0.2) is 0 Å². The van der Waals surface area contributed by atoms with Gasteiger partial charge in [0.15, 0.2) is 0 Å². The van der Waals surface area contributed by atoms with Gasteiger partial charge in [0.05, 0.1) is 16.7 Å². The van der Waals surface area contributed by atoms with Crippen molar-refractivity contribution in [2.75, 3.05) is 6.54 Å². The van der Waals surface area contributed by atoms with E-state index in [0.717, 1.165) is 12.1 Å². The lowest BCUT2D eigenvalue weighted by atomic mass is 10.1. The highest BCUT2D eigenvalue weighted by Crippen LogP contribution is 2.29. The Morgan fingerprint density at radius 3 is 1.96 bits per heavy atom. The first-order chi connectivity index (χ1) is 11.9. The number of benzene rings is 2. The molecule has 0 N–H and O–H groups in total. The smallest absolute Gasteiger partial charge is 0.274 e. The van der Waals surface area contributed by atoms with Crippen LogP contribution < -0.4 is 0 Å². The van der Waals surface area contributed by atoms with Gasteiger partial charge in [0.25, 0.3) is 11.8 Å². The van der Waals surface area contributed by atoms with E-state index in [9.17, 15) is 22.8 Å². The number of imide groups is 1. The summed E-state index contributed by atoms with van der Waals surface area (Å²) in [6.07, 6.45) is -0.537. The van der Waals surface area contributed by atoms with E-state index >= 15 is 0 Å². The maximum Gasteiger partial charge on any atom is 0.416 e. The summed E-state index contributed by atoms with van der Waals surface area (Å²) in [6.45, 7) is 0.226. The summed E-state index contributed by atoms with van der Waals surface area (Å²) >= 11 is 0. The van der Waals surface area contributed by atoms with Gasteiger partial charge in [-0.1, -0.05) is 36.4 Å². The lowest BCUT2D eigenvalue weighted by Gasteiger charge is -2.11. The van der Waals surface area contributed by atoms with Crippen molar-refractivity contribution in [3.05, 3.63) is 76.9 Å². The molecular formula is C19H14F3NO2. The number of hydrogen-bond donors (Lipinski definition) is 0. The third-order valence-electron chi connectivity index (χ3n) is 3.95. The van der Waals surface area contributed by atoms with Crippen LogP contribution in [-0.4, -0.2) is 23.3 Å². The van der Waals surface area contributed by atoms with E-state index in [2.05, 4.69) is 0 Å². The van der Waals surface area contributed by atoms with Crippen molar-refractivity contribution in [1.29, 1.82) is 0 Å². The van der Waals surface area contributed by atoms with Crippen molar-refractivity contribution in [3.8, 4) is 0 Å². The van der Waals surface area contributed by atoms with Crippen LogP contribution in [0.2, 0.25) is 0 Å². The molecule has 128 valence electrons. The molecular weight excluding hydrogens is 331 g/mol. The molecule has 0 unspecified atom stereocenters. The highest BCUT2D eigenvalue weighted by molar-refractivity contribution is 6.21. The maximum atomic E-state index is 12.5. The second-order valence-corrected chi connectivity index (χ2v) is 5.62. The van der Waals surface area contributed by atoms with Crippen molar-refractivity contribution >= 4 is 17.9 Å². The van der Waals surface area contributed by atoms with Crippen LogP contribution in [0.25, 0.3) is 6.08 Å². The fourth-order valence-electron chi connectivity index (χ4n) is 2.65. The van der Waals surface area contributed by atoms with Crippen molar-refractivity contribution < 1.29 is 22.8 Å². The number of halogens is 3. The Balaban J connectivity index is 1.59. The second kappa shape index (κ2) is 6.55. The minimum Gasteiger partial charge on any atom is -0.274 e. The molecule has 0 atom stereocenters. The molecule has 6 heteroatoms. The van der Waals surface area contributed by atoms with Gasteiger partial charge in [0.2, 0.25) is 0 Å². The number of hydrogen-bond acceptors (Lipinski definition) is 2. The van der Waals surface area contributed by atoms with Crippen molar-refractivity contribution in [2.45, 2.75) is 12.6 Å². The largest absolute Gasteiger partial charge is 0.416 e. The van der Waals surface area contributed by atoms with E-state index < -0.39 is 11.7 Å². The summed E-state index contributed by atoms with van der Waals surface area (Å²) in [5, 5.41) is 0. The molecule has 0 fully saturated rings. The van der Waals surface area contributed by atoms with Crippen molar-refractivity contribution in [1.82, 2.24) is 4.90 Å². The first kappa shape index (κ1) is 17.0. The molecule has 0 aliphatic carbocycles. The van der Waals surface area contributed by atoms with Crippen LogP contribution >= 0.6 is 0 Å². The Bertz CT molecular complexity index is 803. The van der Waals surface area contributed by atoms with Crippen LogP contribution in [0.4, 0.5) is 13.2 Å². The molecule has 0 bridgehead atoms. The fraction of sp³-hybridized carbons (Fsp3) is 0.158. The van der Waals surface area contributed by atoms with E-state index in [1.165, 1.54) is 17.0 Å². The lowest BCUT2D eigenvalue weighted by molar-refractivity contribution is -0.137. The second-order valence-electron chi connectivity index (χ2n) is 5.62. The van der Waals surface area contributed by atoms with Gasteiger partial charge in [-0.2, -0.15) is 13.2 Å². The predicted octanol–water partition coefficient (Wildman–Crippen LogP) is 4.40. The third-order valence-corrected chi connectivity index (χ3v) is 3.95. The zero-order chi connectivity index (χ0) is 18.0. The topological polar surface area (TPSA) is 37.4 Å². The Morgan fingerprint density at radius 2 is 1.44 bits per heavy atom. The molecule has 0 saturated carbocycles. The van der Waals surface area contributed by atoms with E-state index in [4.69, 9.17) is 0 Å². The van der Waals surface area contributed by atoms with Crippen LogP contribution in [0, 0.1) is 0 Å². The van der Waals surface area contributed by atoms with Gasteiger partial charge in [0, 0.05) is 6.54 Å². The van der Waals surface area contributed by atoms with E-state index in [0.29, 0.717) is 23.1 Å². The monoisotopic (exact) mass is 345 g/mol. The van der Waals surface area contributed by atoms with Crippen LogP contribution in [0.5, 0.6) is 0 Å². The fourth-order valence-corrected chi connectivity index (χ4v) is 2.65. The van der Waals surface area contributed by atoms with Gasteiger partial charge in [-0.3, -0.25) is 14.5 Å². The molecule has 0 spiro atoms. The average molecular weight is 345 g/mol. The van der Waals surface area contributed by atoms with Gasteiger partial charge in [-0.15, -0.1) is 0 Å². The van der Waals surface area contributed by atoms with Gasteiger partial charge >= 0.3 is 6.18 Å². The zero-order valence-electron chi connectivity index (χ0n) is 13.1. The van der Waals surface area contributed by atoms with Crippen molar-refractivity contribution in [2.24, 2.45) is 0 Å². The number of alkyl halides is 3. The SMILES string of the molecule is O=C1c2ccccc2C(=O)N1CC/C=C/c1ccc(C(F)(F)F)cc1. The van der Waals surface area contributed by atoms with Crippen LogP contribution in [0.15, 0.2) is 54.6 Å². The molecule has 25 heavy (non-hydrogen) atoms. The molecule has 2 amide bonds. The molecule has 2 aromatic rings. The van der Waals surface area contributed by atoms with Crippen LogP contribution in [-0.2, 0) is 6.18 Å². The number of carbonyl (C=O) groups is 2. The van der Waals surface area contributed by atoms with Crippen LogP contribution in [0.1, 0.15) is 38.3 Å². The Morgan fingerprint density at radius 1 is 0.880 bits per heavy atom. The Labute approximate surface area is 142 Å². The minimum atomic E-state index is -4.35. The van der Waals surface area contributed by atoms with Gasteiger partial charge < -0.3 is 0 Å². The summed E-state index contributed by atoms with van der Waals surface area (Å²) in [5.74, 6) is -0.632. The van der Waals surface area contributed by atoms with E-state index in [1.54, 1.807) is 36.4 Å². The highest BCUT2D eigenvalue weighted by Gasteiger charge is 2.34. The number of amides is 2. The van der Waals surface area contributed by atoms with E-state index in [1.807, 2.05) is 0 Å².